The van der Waals surface area contributed by atoms with Crippen LogP contribution in [-0.4, -0.2) is 16.0 Å². The normalized spacial score (nSPS) is 9.70. The summed E-state index contributed by atoms with van der Waals surface area (Å²) in [5.74, 6) is 0. The standard InChI is InChI=1S/C6H7NS3/c1-9-6-4-5(2-3-8)10-7-6/h3-4H,2H2,1H3. The zero-order valence-electron chi connectivity index (χ0n) is 5.53. The molecule has 0 aliphatic rings. The van der Waals surface area contributed by atoms with Crippen molar-refractivity contribution in [1.82, 2.24) is 4.37 Å². The fourth-order valence-corrected chi connectivity index (χ4v) is 2.18. The number of hydrogen-bond acceptors (Lipinski definition) is 4. The van der Waals surface area contributed by atoms with Crippen LogP contribution in [0.2, 0.25) is 0 Å². The molecule has 0 amide bonds. The van der Waals surface area contributed by atoms with Gasteiger partial charge in [0.1, 0.15) is 5.03 Å². The predicted molar refractivity (Wildman–Crippen MR) is 51.3 cm³/mol. The average molecular weight is 189 g/mol. The first-order chi connectivity index (χ1) is 4.86. The Morgan fingerprint density at radius 3 is 3.20 bits per heavy atom. The molecule has 0 bridgehead atoms. The molecule has 4 heteroatoms. The minimum Gasteiger partial charge on any atom is -0.186 e. The van der Waals surface area contributed by atoms with Crippen molar-refractivity contribution in [2.24, 2.45) is 0 Å². The van der Waals surface area contributed by atoms with Crippen LogP contribution in [0.1, 0.15) is 4.88 Å². The van der Waals surface area contributed by atoms with Gasteiger partial charge in [0.25, 0.3) is 0 Å². The number of nitrogens with zero attached hydrogens (tertiary/aromatic N) is 1. The molecule has 1 heterocycles. The third-order valence-electron chi connectivity index (χ3n) is 1.03. The lowest BCUT2D eigenvalue weighted by Crippen LogP contribution is -1.74. The van der Waals surface area contributed by atoms with E-state index < -0.39 is 0 Å². The molecule has 54 valence electrons. The van der Waals surface area contributed by atoms with E-state index in [9.17, 15) is 0 Å². The summed E-state index contributed by atoms with van der Waals surface area (Å²) in [7, 11) is 0. The molecule has 0 atom stereocenters. The molecule has 0 aliphatic carbocycles. The number of thioether (sulfide) groups is 1. The van der Waals surface area contributed by atoms with E-state index in [1.165, 1.54) is 16.4 Å². The van der Waals surface area contributed by atoms with E-state index in [4.69, 9.17) is 12.2 Å². The Labute approximate surface area is 74.0 Å². The van der Waals surface area contributed by atoms with Crippen molar-refractivity contribution < 1.29 is 0 Å². The lowest BCUT2D eigenvalue weighted by atomic mass is 10.4. The fourth-order valence-electron chi connectivity index (χ4n) is 0.569. The monoisotopic (exact) mass is 189 g/mol. The molecule has 0 radical (unpaired) electrons. The average Bonchev–Trinajstić information content (AvgIpc) is 2.37. The molecule has 0 saturated carbocycles. The highest BCUT2D eigenvalue weighted by Crippen LogP contribution is 2.17. The van der Waals surface area contributed by atoms with Gasteiger partial charge in [-0.15, -0.1) is 11.8 Å². The van der Waals surface area contributed by atoms with Crippen molar-refractivity contribution in [3.8, 4) is 0 Å². The van der Waals surface area contributed by atoms with Crippen LogP contribution in [0.3, 0.4) is 0 Å². The largest absolute Gasteiger partial charge is 0.186 e. The van der Waals surface area contributed by atoms with E-state index in [0.29, 0.717) is 0 Å². The van der Waals surface area contributed by atoms with E-state index >= 15 is 0 Å². The number of hydrogen-bond donors (Lipinski definition) is 0. The molecule has 0 N–H and O–H groups in total. The highest BCUT2D eigenvalue weighted by atomic mass is 32.2. The quantitative estimate of drug-likeness (QED) is 0.535. The van der Waals surface area contributed by atoms with Gasteiger partial charge in [0.2, 0.25) is 0 Å². The maximum Gasteiger partial charge on any atom is 0.110 e. The minimum atomic E-state index is 0.869. The molecular weight excluding hydrogens is 182 g/mol. The number of thiocarbonyl (C=S) groups is 1. The number of rotatable bonds is 3. The van der Waals surface area contributed by atoms with E-state index in [1.54, 1.807) is 17.1 Å². The lowest BCUT2D eigenvalue weighted by molar-refractivity contribution is 1.28. The van der Waals surface area contributed by atoms with E-state index in [-0.39, 0.29) is 0 Å². The molecule has 10 heavy (non-hydrogen) atoms. The van der Waals surface area contributed by atoms with Crippen LogP contribution in [0.4, 0.5) is 0 Å². The third-order valence-corrected chi connectivity index (χ3v) is 2.75. The maximum atomic E-state index is 4.73. The van der Waals surface area contributed by atoms with Gasteiger partial charge in [-0.25, -0.2) is 0 Å². The molecule has 0 aromatic carbocycles. The molecule has 0 aliphatic heterocycles. The van der Waals surface area contributed by atoms with Crippen LogP contribution in [0.15, 0.2) is 11.1 Å². The Bertz CT molecular complexity index is 219. The van der Waals surface area contributed by atoms with Gasteiger partial charge >= 0.3 is 0 Å². The van der Waals surface area contributed by atoms with Crippen molar-refractivity contribution in [3.63, 3.8) is 0 Å². The molecule has 1 aromatic rings. The Hall–Kier alpha value is 0.0700. The fraction of sp³-hybridized carbons (Fsp3) is 0.333. The summed E-state index contributed by atoms with van der Waals surface area (Å²) in [6.45, 7) is 0. The summed E-state index contributed by atoms with van der Waals surface area (Å²) < 4.78 is 4.19. The van der Waals surface area contributed by atoms with Crippen molar-refractivity contribution in [3.05, 3.63) is 10.9 Å². The van der Waals surface area contributed by atoms with Gasteiger partial charge in [-0.05, 0) is 29.2 Å². The Morgan fingerprint density at radius 2 is 2.70 bits per heavy atom. The van der Waals surface area contributed by atoms with Crippen molar-refractivity contribution in [2.45, 2.75) is 11.4 Å². The van der Waals surface area contributed by atoms with Crippen LogP contribution in [0.5, 0.6) is 0 Å². The second-order valence-corrected chi connectivity index (χ2v) is 3.76. The minimum absolute atomic E-state index is 0.869. The summed E-state index contributed by atoms with van der Waals surface area (Å²) >= 11 is 7.92. The topological polar surface area (TPSA) is 12.9 Å². The molecule has 1 rings (SSSR count). The highest BCUT2D eigenvalue weighted by Gasteiger charge is 1.97. The maximum absolute atomic E-state index is 4.73. The summed E-state index contributed by atoms with van der Waals surface area (Å²) in [5.41, 5.74) is 0. The van der Waals surface area contributed by atoms with Gasteiger partial charge in [-0.2, -0.15) is 4.37 Å². The molecule has 0 saturated heterocycles. The summed E-state index contributed by atoms with van der Waals surface area (Å²) in [4.78, 5) is 1.25. The van der Waals surface area contributed by atoms with Crippen molar-refractivity contribution in [1.29, 1.82) is 0 Å². The van der Waals surface area contributed by atoms with Gasteiger partial charge in [-0.3, -0.25) is 0 Å². The molecular formula is C6H7NS3. The smallest absolute Gasteiger partial charge is 0.110 e. The first-order valence-electron chi connectivity index (χ1n) is 2.80. The van der Waals surface area contributed by atoms with Crippen molar-refractivity contribution >= 4 is 40.9 Å². The van der Waals surface area contributed by atoms with E-state index in [2.05, 4.69) is 10.4 Å². The zero-order chi connectivity index (χ0) is 7.40. The first kappa shape index (κ1) is 8.17. The van der Waals surface area contributed by atoms with Crippen molar-refractivity contribution in [2.75, 3.05) is 6.26 Å². The van der Waals surface area contributed by atoms with Gasteiger partial charge < -0.3 is 0 Å². The second-order valence-electron chi connectivity index (χ2n) is 1.71. The van der Waals surface area contributed by atoms with E-state index in [1.807, 2.05) is 6.26 Å². The Morgan fingerprint density at radius 1 is 1.90 bits per heavy atom. The summed E-state index contributed by atoms with van der Waals surface area (Å²) in [6, 6.07) is 2.08. The zero-order valence-corrected chi connectivity index (χ0v) is 7.98. The van der Waals surface area contributed by atoms with Gasteiger partial charge in [0, 0.05) is 11.3 Å². The molecule has 1 nitrogen and oxygen atoms in total. The Balaban J connectivity index is 2.67. The Kier molecular flexibility index (Phi) is 3.31. The highest BCUT2D eigenvalue weighted by molar-refractivity contribution is 7.98. The molecule has 0 spiro atoms. The summed E-state index contributed by atoms with van der Waals surface area (Å²) in [6.07, 6.45) is 2.89. The van der Waals surface area contributed by atoms with Gasteiger partial charge in [0.15, 0.2) is 0 Å². The van der Waals surface area contributed by atoms with Crippen LogP contribution in [-0.2, 0) is 6.42 Å². The SMILES string of the molecule is CSc1cc(CC=S)sn1. The summed E-state index contributed by atoms with van der Waals surface area (Å²) in [5, 5.41) is 2.83. The van der Waals surface area contributed by atoms with E-state index in [0.717, 1.165) is 11.4 Å². The molecule has 0 fully saturated rings. The molecule has 1 aromatic heterocycles. The van der Waals surface area contributed by atoms with Crippen LogP contribution >= 0.6 is 35.5 Å². The van der Waals surface area contributed by atoms with Gasteiger partial charge in [0.05, 0.1) is 0 Å². The van der Waals surface area contributed by atoms with Crippen LogP contribution < -0.4 is 0 Å². The van der Waals surface area contributed by atoms with Gasteiger partial charge in [-0.1, -0.05) is 12.2 Å². The second kappa shape index (κ2) is 4.05. The number of aromatic nitrogens is 1. The van der Waals surface area contributed by atoms with Crippen LogP contribution in [0, 0.1) is 0 Å². The molecule has 0 unspecified atom stereocenters. The predicted octanol–water partition coefficient (Wildman–Crippen LogP) is 2.41. The first-order valence-corrected chi connectivity index (χ1v) is 5.27. The van der Waals surface area contributed by atoms with Crippen LogP contribution in [0.25, 0.3) is 0 Å². The third kappa shape index (κ3) is 2.04. The lowest BCUT2D eigenvalue weighted by Gasteiger charge is -1.81.